The number of carbonyl (C=O) groups excluding carboxylic acids is 1. The van der Waals surface area contributed by atoms with E-state index in [0.717, 1.165) is 10.9 Å². The average molecular weight is 403 g/mol. The van der Waals surface area contributed by atoms with E-state index in [1.54, 1.807) is 18.2 Å². The van der Waals surface area contributed by atoms with Crippen molar-refractivity contribution in [2.24, 2.45) is 0 Å². The van der Waals surface area contributed by atoms with E-state index in [9.17, 15) is 24.9 Å². The number of nitrogens with two attached hydrogens (primary N) is 1. The van der Waals surface area contributed by atoms with Gasteiger partial charge in [0, 0.05) is 27.8 Å². The van der Waals surface area contributed by atoms with E-state index in [2.05, 4.69) is 4.98 Å². The number of rotatable bonds is 4. The van der Waals surface area contributed by atoms with Crippen LogP contribution in [0.5, 0.6) is 0 Å². The van der Waals surface area contributed by atoms with Gasteiger partial charge in [0.25, 0.3) is 5.56 Å². The molecule has 1 aromatic carbocycles. The molecule has 3 heterocycles. The van der Waals surface area contributed by atoms with Crippen LogP contribution in [0.4, 0.5) is 5.69 Å². The number of carbonyl (C=O) groups is 1. The van der Waals surface area contributed by atoms with Gasteiger partial charge >= 0.3 is 29.6 Å². The number of aliphatic hydroxyl groups excluding tert-OH is 1. The predicted molar refractivity (Wildman–Crippen MR) is 100 cm³/mol. The van der Waals surface area contributed by atoms with Crippen LogP contribution in [0.1, 0.15) is 30.0 Å². The Labute approximate surface area is 187 Å². The minimum atomic E-state index is -2.39. The van der Waals surface area contributed by atoms with Gasteiger partial charge in [0.05, 0.1) is 36.0 Å². The number of hydrogen-bond acceptors (Lipinski definition) is 7. The van der Waals surface area contributed by atoms with Gasteiger partial charge in [0.1, 0.15) is 5.60 Å². The number of pyridine rings is 2. The molecule has 0 amide bonds. The first-order valence-corrected chi connectivity index (χ1v) is 8.82. The maximum absolute atomic E-state index is 13.0. The molecule has 144 valence electrons. The first-order chi connectivity index (χ1) is 13.3. The van der Waals surface area contributed by atoms with Crippen LogP contribution in [0.25, 0.3) is 22.3 Å². The van der Waals surface area contributed by atoms with E-state index < -0.39 is 23.7 Å². The number of anilines is 1. The first-order valence-electron chi connectivity index (χ1n) is 8.82. The Morgan fingerprint density at radius 1 is 1.38 bits per heavy atom. The van der Waals surface area contributed by atoms with Crippen molar-refractivity contribution in [3.8, 4) is 11.4 Å². The third-order valence-corrected chi connectivity index (χ3v) is 5.40. The van der Waals surface area contributed by atoms with Gasteiger partial charge < -0.3 is 30.4 Å². The molecule has 1 aliphatic heterocycles. The molecule has 0 saturated carbocycles. The van der Waals surface area contributed by atoms with Gasteiger partial charge in [-0.2, -0.15) is 0 Å². The zero-order valence-corrected chi connectivity index (χ0v) is 18.1. The fourth-order valence-corrected chi connectivity index (χ4v) is 3.78. The van der Waals surface area contributed by atoms with Gasteiger partial charge in [-0.25, -0.2) is 4.98 Å². The van der Waals surface area contributed by atoms with Crippen molar-refractivity contribution >= 4 is 22.6 Å². The molecule has 2 aromatic heterocycles. The molecule has 0 spiro atoms. The largest absolute Gasteiger partial charge is 1.00 e. The Morgan fingerprint density at radius 2 is 2.10 bits per heavy atom. The maximum atomic E-state index is 13.0. The number of aliphatic carboxylic acids is 1. The number of benzene rings is 1. The van der Waals surface area contributed by atoms with Crippen LogP contribution in [0.15, 0.2) is 35.1 Å². The fourth-order valence-electron chi connectivity index (χ4n) is 3.78. The van der Waals surface area contributed by atoms with Crippen LogP contribution in [-0.4, -0.2) is 25.7 Å². The average Bonchev–Trinajstić information content (AvgIpc) is 3.04. The Balaban J connectivity index is 0.00000240. The van der Waals surface area contributed by atoms with E-state index >= 15 is 0 Å². The molecule has 1 aliphatic rings. The summed E-state index contributed by atoms with van der Waals surface area (Å²) in [5.74, 6) is -1.73. The number of fused-ring (bicyclic) bond motifs is 4. The summed E-state index contributed by atoms with van der Waals surface area (Å²) in [7, 11) is 0. The number of nitrogen functional groups attached to an aromatic ring is 1. The molecule has 1 unspecified atom stereocenters. The van der Waals surface area contributed by atoms with Gasteiger partial charge in [-0.1, -0.05) is 13.0 Å². The number of hydrogen-bond donors (Lipinski definition) is 3. The summed E-state index contributed by atoms with van der Waals surface area (Å²) in [4.78, 5) is 29.2. The summed E-state index contributed by atoms with van der Waals surface area (Å²) in [5.41, 5.74) is 5.55. The Kier molecular flexibility index (Phi) is 5.59. The molecule has 3 aromatic rings. The van der Waals surface area contributed by atoms with Gasteiger partial charge in [0.2, 0.25) is 0 Å². The molecule has 1 atom stereocenters. The number of aliphatic hydroxyl groups is 2. The molecule has 29 heavy (non-hydrogen) atoms. The number of carboxylic acid groups (broad SMARTS) is 1. The molecule has 0 saturated heterocycles. The van der Waals surface area contributed by atoms with Crippen LogP contribution >= 0.6 is 0 Å². The second-order valence-corrected chi connectivity index (χ2v) is 6.88. The Morgan fingerprint density at radius 3 is 2.72 bits per heavy atom. The van der Waals surface area contributed by atoms with Crippen LogP contribution in [0.2, 0.25) is 0 Å². The molecule has 9 heteroatoms. The topological polar surface area (TPSA) is 142 Å². The molecule has 4 N–H and O–H groups in total. The van der Waals surface area contributed by atoms with Crippen LogP contribution in [0.3, 0.4) is 0 Å². The van der Waals surface area contributed by atoms with Crippen molar-refractivity contribution in [1.29, 1.82) is 0 Å². The summed E-state index contributed by atoms with van der Waals surface area (Å²) in [6.07, 6.45) is -0.222. The normalized spacial score (nSPS) is 14.0. The van der Waals surface area contributed by atoms with E-state index in [4.69, 9.17) is 5.73 Å². The van der Waals surface area contributed by atoms with Crippen LogP contribution in [-0.2, 0) is 23.5 Å². The molecular weight excluding hydrogens is 385 g/mol. The quantitative estimate of drug-likeness (QED) is 0.241. The summed E-state index contributed by atoms with van der Waals surface area (Å²) in [6, 6.07) is 8.57. The van der Waals surface area contributed by atoms with Crippen molar-refractivity contribution in [3.63, 3.8) is 0 Å². The monoisotopic (exact) mass is 403 g/mol. The number of carboxylic acids is 1. The van der Waals surface area contributed by atoms with Crippen LogP contribution in [0, 0.1) is 0 Å². The second kappa shape index (κ2) is 7.55. The maximum Gasteiger partial charge on any atom is 1.00 e. The summed E-state index contributed by atoms with van der Waals surface area (Å²) in [6.45, 7) is 0.969. The molecule has 0 bridgehead atoms. The fraction of sp³-hybridized carbons (Fsp3) is 0.250. The zero-order valence-electron chi connectivity index (χ0n) is 16.1. The molecule has 0 aliphatic carbocycles. The van der Waals surface area contributed by atoms with Crippen molar-refractivity contribution in [3.05, 3.63) is 57.4 Å². The van der Waals surface area contributed by atoms with Crippen molar-refractivity contribution in [1.82, 2.24) is 9.55 Å². The smallest absolute Gasteiger partial charge is 0.547 e. The minimum absolute atomic E-state index is 0. The number of nitrogens with zero attached hydrogens (tertiary/aromatic N) is 2. The van der Waals surface area contributed by atoms with Crippen molar-refractivity contribution < 1.29 is 49.7 Å². The summed E-state index contributed by atoms with van der Waals surface area (Å²) in [5, 5.41) is 32.7. The third-order valence-electron chi connectivity index (χ3n) is 5.40. The van der Waals surface area contributed by atoms with E-state index in [1.807, 2.05) is 6.07 Å². The summed E-state index contributed by atoms with van der Waals surface area (Å²) >= 11 is 0. The Bertz CT molecular complexity index is 1210. The molecule has 8 nitrogen and oxygen atoms in total. The van der Waals surface area contributed by atoms with E-state index in [0.29, 0.717) is 22.6 Å². The van der Waals surface area contributed by atoms with E-state index in [1.165, 1.54) is 17.6 Å². The molecular formula is C20H18N3NaO5. The zero-order chi connectivity index (χ0) is 20.2. The molecule has 4 rings (SSSR count). The van der Waals surface area contributed by atoms with Gasteiger partial charge in [0.15, 0.2) is 0 Å². The molecule has 0 radical (unpaired) electrons. The first kappa shape index (κ1) is 21.5. The van der Waals surface area contributed by atoms with Gasteiger partial charge in [-0.3, -0.25) is 4.79 Å². The van der Waals surface area contributed by atoms with E-state index in [-0.39, 0.29) is 53.6 Å². The second-order valence-electron chi connectivity index (χ2n) is 6.88. The number of aromatic nitrogens is 2. The van der Waals surface area contributed by atoms with Gasteiger partial charge in [-0.15, -0.1) is 0 Å². The standard InChI is InChI=1S/C20H19N3O5.Na/c1-2-20(28,19(26)27)13-7-16-17-10(8-23(16)18(25)12(13)9-24)6-11-14(21)4-3-5-15(11)22-17;/h3-7,24,28H,2,8-9,21H2,1H3,(H,26,27);/q;+1/p-1. The van der Waals surface area contributed by atoms with Crippen molar-refractivity contribution in [2.75, 3.05) is 5.73 Å². The minimum Gasteiger partial charge on any atom is -0.547 e. The third kappa shape index (κ3) is 3.08. The van der Waals surface area contributed by atoms with Crippen LogP contribution < -0.4 is 46.0 Å². The summed E-state index contributed by atoms with van der Waals surface area (Å²) < 4.78 is 1.41. The Hall–Kier alpha value is -2.23. The van der Waals surface area contributed by atoms with Gasteiger partial charge in [-0.05, 0) is 30.7 Å². The molecule has 0 fully saturated rings. The predicted octanol–water partition coefficient (Wildman–Crippen LogP) is -3.15. The SMILES string of the molecule is CCC(O)(C(=O)[O-])c1cc2n(c(=O)c1CO)Cc1cc3c(N)cccc3nc1-2.[Na+]. The van der Waals surface area contributed by atoms with Crippen molar-refractivity contribution in [2.45, 2.75) is 32.1 Å².